The summed E-state index contributed by atoms with van der Waals surface area (Å²) in [5.74, 6) is 0.721. The number of ether oxygens (including phenoxy) is 3. The predicted octanol–water partition coefficient (Wildman–Crippen LogP) is 5.64. The first-order valence-corrected chi connectivity index (χ1v) is 15.2. The van der Waals surface area contributed by atoms with Crippen LogP contribution in [0.25, 0.3) is 6.08 Å². The van der Waals surface area contributed by atoms with Gasteiger partial charge >= 0.3 is 12.1 Å². The monoisotopic (exact) mass is 612 g/mol. The zero-order valence-electron chi connectivity index (χ0n) is 25.7. The Hall–Kier alpha value is -3.53. The molecule has 44 heavy (non-hydrogen) atoms. The van der Waals surface area contributed by atoms with Crippen molar-refractivity contribution < 1.29 is 37.0 Å². The molecule has 7 nitrogen and oxygen atoms in total. The highest BCUT2D eigenvalue weighted by Gasteiger charge is 2.75. The Labute approximate surface area is 255 Å². The van der Waals surface area contributed by atoms with Crippen molar-refractivity contribution in [1.82, 2.24) is 9.80 Å². The normalized spacial score (nSPS) is 28.9. The third kappa shape index (κ3) is 4.59. The van der Waals surface area contributed by atoms with Gasteiger partial charge in [0, 0.05) is 25.1 Å². The van der Waals surface area contributed by atoms with E-state index in [1.54, 1.807) is 13.2 Å². The number of amides is 1. The Kier molecular flexibility index (Phi) is 7.50. The van der Waals surface area contributed by atoms with Gasteiger partial charge in [-0.2, -0.15) is 13.2 Å². The van der Waals surface area contributed by atoms with Crippen LogP contribution in [0.2, 0.25) is 0 Å². The number of benzene rings is 2. The molecule has 0 N–H and O–H groups in total. The quantitative estimate of drug-likeness (QED) is 0.298. The Morgan fingerprint density at radius 3 is 2.66 bits per heavy atom. The molecule has 1 amide bonds. The standard InChI is InChI=1S/C34H39F3N2O5/c1-20(2)19-39(28(41)12-9-22-7-6-8-24(17-22)34(35,36)37)25-13-14-33(44-21(3)40)27-18-23-10-11-26(42-5)30-29(23)32(33,31(25)43-30)15-16-38(27)4/h6-12,17,20,25,27,31H,13-16,18-19H2,1-5H3/b12-9+/t25?,27-,31?,32+,33-/m1/s1. The molecule has 2 aliphatic carbocycles. The number of halogens is 3. The number of rotatable bonds is 7. The van der Waals surface area contributed by atoms with E-state index in [0.717, 1.165) is 29.8 Å². The zero-order chi connectivity index (χ0) is 31.6. The number of hydrogen-bond acceptors (Lipinski definition) is 6. The smallest absolute Gasteiger partial charge is 0.416 e. The van der Waals surface area contributed by atoms with E-state index < -0.39 is 28.9 Å². The van der Waals surface area contributed by atoms with Crippen LogP contribution in [0.3, 0.4) is 0 Å². The Balaban J connectivity index is 1.44. The maximum atomic E-state index is 14.0. The third-order valence-electron chi connectivity index (χ3n) is 10.1. The van der Waals surface area contributed by atoms with Crippen molar-refractivity contribution in [3.05, 3.63) is 64.7 Å². The number of esters is 1. The lowest BCUT2D eigenvalue weighted by Gasteiger charge is -2.65. The molecule has 1 spiro atoms. The van der Waals surface area contributed by atoms with Crippen LogP contribution in [-0.2, 0) is 32.3 Å². The van der Waals surface area contributed by atoms with Crippen molar-refractivity contribution >= 4 is 18.0 Å². The van der Waals surface area contributed by atoms with Crippen molar-refractivity contribution in [2.45, 2.75) is 81.8 Å². The minimum absolute atomic E-state index is 0.0610. The molecule has 0 aromatic heterocycles. The Morgan fingerprint density at radius 1 is 1.20 bits per heavy atom. The summed E-state index contributed by atoms with van der Waals surface area (Å²) in [6.45, 7) is 6.70. The van der Waals surface area contributed by atoms with Crippen molar-refractivity contribution in [3.8, 4) is 11.5 Å². The first kappa shape index (κ1) is 30.5. The fourth-order valence-electron chi connectivity index (χ4n) is 8.49. The van der Waals surface area contributed by atoms with Crippen molar-refractivity contribution in [1.29, 1.82) is 0 Å². The molecule has 2 aromatic carbocycles. The highest BCUT2D eigenvalue weighted by molar-refractivity contribution is 5.92. The van der Waals surface area contributed by atoms with Crippen LogP contribution in [0.1, 0.15) is 62.3 Å². The van der Waals surface area contributed by atoms with Crippen molar-refractivity contribution in [2.75, 3.05) is 27.2 Å². The van der Waals surface area contributed by atoms with E-state index in [2.05, 4.69) is 18.0 Å². The molecule has 2 heterocycles. The molecule has 2 aromatic rings. The highest BCUT2D eigenvalue weighted by atomic mass is 19.4. The molecule has 2 unspecified atom stereocenters. The van der Waals surface area contributed by atoms with E-state index in [-0.39, 0.29) is 35.4 Å². The molecule has 2 bridgehead atoms. The summed E-state index contributed by atoms with van der Waals surface area (Å²) >= 11 is 0. The summed E-state index contributed by atoms with van der Waals surface area (Å²) in [6.07, 6.45) is 0.254. The molecule has 1 saturated heterocycles. The lowest BCUT2D eigenvalue weighted by Crippen LogP contribution is -2.79. The molecule has 6 rings (SSSR count). The summed E-state index contributed by atoms with van der Waals surface area (Å²) in [7, 11) is 3.67. The molecule has 2 fully saturated rings. The van der Waals surface area contributed by atoms with Gasteiger partial charge in [0.25, 0.3) is 0 Å². The van der Waals surface area contributed by atoms with Gasteiger partial charge in [0.05, 0.1) is 30.2 Å². The SMILES string of the molecule is COc1ccc2c3c1OC1C(N(CC(C)C)C(=O)/C=C/c4cccc(C(F)(F)F)c4)CC[C@@]4(OC(C)=O)[C@@H](C2)N(C)CC[C@]314. The second-order valence-electron chi connectivity index (χ2n) is 13.0. The summed E-state index contributed by atoms with van der Waals surface area (Å²) in [5.41, 5.74) is 0.130. The minimum Gasteiger partial charge on any atom is -0.493 e. The zero-order valence-corrected chi connectivity index (χ0v) is 25.7. The maximum Gasteiger partial charge on any atom is 0.416 e. The summed E-state index contributed by atoms with van der Waals surface area (Å²) < 4.78 is 59.1. The maximum absolute atomic E-state index is 14.0. The van der Waals surface area contributed by atoms with Crippen LogP contribution in [0.5, 0.6) is 11.5 Å². The van der Waals surface area contributed by atoms with Crippen LogP contribution < -0.4 is 9.47 Å². The van der Waals surface area contributed by atoms with E-state index >= 15 is 0 Å². The van der Waals surface area contributed by atoms with Crippen LogP contribution >= 0.6 is 0 Å². The number of hydrogen-bond donors (Lipinski definition) is 0. The number of alkyl halides is 3. The molecule has 4 aliphatic rings. The number of likely N-dealkylation sites (N-methyl/N-ethyl adjacent to an activating group) is 1. The summed E-state index contributed by atoms with van der Waals surface area (Å²) in [4.78, 5) is 30.9. The number of nitrogens with zero attached hydrogens (tertiary/aromatic N) is 2. The predicted molar refractivity (Wildman–Crippen MR) is 158 cm³/mol. The van der Waals surface area contributed by atoms with Gasteiger partial charge in [0.15, 0.2) is 11.5 Å². The summed E-state index contributed by atoms with van der Waals surface area (Å²) in [5, 5.41) is 0. The van der Waals surface area contributed by atoms with Gasteiger partial charge in [-0.15, -0.1) is 0 Å². The van der Waals surface area contributed by atoms with E-state index in [4.69, 9.17) is 14.2 Å². The molecule has 1 saturated carbocycles. The molecular formula is C34H39F3N2O5. The van der Waals surface area contributed by atoms with E-state index in [9.17, 15) is 22.8 Å². The van der Waals surface area contributed by atoms with Gasteiger partial charge in [-0.3, -0.25) is 14.5 Å². The molecular weight excluding hydrogens is 573 g/mol. The van der Waals surface area contributed by atoms with E-state index in [1.165, 1.54) is 25.1 Å². The number of methoxy groups -OCH3 is 1. The van der Waals surface area contributed by atoms with Crippen molar-refractivity contribution in [3.63, 3.8) is 0 Å². The lowest BCUT2D eigenvalue weighted by molar-refractivity contribution is -0.221. The largest absolute Gasteiger partial charge is 0.493 e. The first-order valence-electron chi connectivity index (χ1n) is 15.2. The molecule has 236 valence electrons. The van der Waals surface area contributed by atoms with Gasteiger partial charge in [0.2, 0.25) is 5.91 Å². The van der Waals surface area contributed by atoms with E-state index in [1.807, 2.05) is 24.8 Å². The molecule has 2 aliphatic heterocycles. The molecule has 0 radical (unpaired) electrons. The number of piperidine rings is 1. The number of carbonyl (C=O) groups excluding carboxylic acids is 2. The lowest BCUT2D eigenvalue weighted by atomic mass is 9.48. The van der Waals surface area contributed by atoms with Gasteiger partial charge in [0.1, 0.15) is 11.7 Å². The Morgan fingerprint density at radius 2 is 1.98 bits per heavy atom. The van der Waals surface area contributed by atoms with Gasteiger partial charge in [-0.25, -0.2) is 0 Å². The fraction of sp³-hybridized carbons (Fsp3) is 0.529. The van der Waals surface area contributed by atoms with Crippen LogP contribution in [0.4, 0.5) is 13.2 Å². The first-order chi connectivity index (χ1) is 20.8. The topological polar surface area (TPSA) is 68.3 Å². The average molecular weight is 613 g/mol. The highest BCUT2D eigenvalue weighted by Crippen LogP contribution is 2.67. The van der Waals surface area contributed by atoms with E-state index in [0.29, 0.717) is 43.7 Å². The van der Waals surface area contributed by atoms with Crippen LogP contribution in [0.15, 0.2) is 42.5 Å². The second-order valence-corrected chi connectivity index (χ2v) is 13.0. The fourth-order valence-corrected chi connectivity index (χ4v) is 8.49. The van der Waals surface area contributed by atoms with Gasteiger partial charge in [-0.1, -0.05) is 32.0 Å². The molecule has 5 atom stereocenters. The molecule has 10 heteroatoms. The van der Waals surface area contributed by atoms with Crippen molar-refractivity contribution in [2.24, 2.45) is 5.92 Å². The number of carbonyl (C=O) groups is 2. The summed E-state index contributed by atoms with van der Waals surface area (Å²) in [6, 6.07) is 8.49. The second kappa shape index (κ2) is 10.8. The average Bonchev–Trinajstić information content (AvgIpc) is 3.32. The van der Waals surface area contributed by atoms with Gasteiger partial charge in [-0.05, 0) is 80.6 Å². The van der Waals surface area contributed by atoms with Crippen LogP contribution in [-0.4, -0.2) is 72.7 Å². The minimum atomic E-state index is -4.48. The van der Waals surface area contributed by atoms with Gasteiger partial charge < -0.3 is 19.1 Å². The third-order valence-corrected chi connectivity index (χ3v) is 10.1. The number of likely N-dealkylation sites (tertiary alicyclic amines) is 1. The Bertz CT molecular complexity index is 1510. The van der Waals surface area contributed by atoms with Crippen LogP contribution in [0, 0.1) is 5.92 Å².